The van der Waals surface area contributed by atoms with Gasteiger partial charge in [0, 0.05) is 25.2 Å². The van der Waals surface area contributed by atoms with Crippen molar-refractivity contribution in [2.45, 2.75) is 31.6 Å². The van der Waals surface area contributed by atoms with Crippen LogP contribution in [-0.4, -0.2) is 42.6 Å². The third kappa shape index (κ3) is 3.67. The van der Waals surface area contributed by atoms with Crippen molar-refractivity contribution < 1.29 is 4.39 Å². The Morgan fingerprint density at radius 3 is 2.57 bits per heavy atom. The van der Waals surface area contributed by atoms with Gasteiger partial charge in [0.1, 0.15) is 11.6 Å². The van der Waals surface area contributed by atoms with Crippen molar-refractivity contribution in [1.82, 2.24) is 9.88 Å². The minimum Gasteiger partial charge on any atom is -0.356 e. The fraction of sp³-hybridized carbons (Fsp3) is 0.688. The van der Waals surface area contributed by atoms with Crippen molar-refractivity contribution in [2.24, 2.45) is 5.92 Å². The summed E-state index contributed by atoms with van der Waals surface area (Å²) < 4.78 is 13.2. The molecule has 1 aromatic heterocycles. The van der Waals surface area contributed by atoms with Crippen LogP contribution in [0.2, 0.25) is 0 Å². The SMILES string of the molecule is Fc1cnc(N2CCC(CN3CCCC3)CC2)c(CCl)c1. The number of alkyl halides is 1. The van der Waals surface area contributed by atoms with E-state index in [1.807, 2.05) is 0 Å². The molecule has 3 nitrogen and oxygen atoms in total. The van der Waals surface area contributed by atoms with Gasteiger partial charge in [-0.25, -0.2) is 9.37 Å². The Labute approximate surface area is 131 Å². The van der Waals surface area contributed by atoms with E-state index in [1.165, 1.54) is 57.6 Å². The highest BCUT2D eigenvalue weighted by Crippen LogP contribution is 2.27. The molecule has 0 aromatic carbocycles. The Balaban J connectivity index is 1.57. The summed E-state index contributed by atoms with van der Waals surface area (Å²) in [6.45, 7) is 5.79. The first kappa shape index (κ1) is 15.0. The van der Waals surface area contributed by atoms with E-state index >= 15 is 0 Å². The summed E-state index contributed by atoms with van der Waals surface area (Å²) in [6.07, 6.45) is 6.39. The Morgan fingerprint density at radius 1 is 1.19 bits per heavy atom. The van der Waals surface area contributed by atoms with Gasteiger partial charge in [-0.1, -0.05) is 0 Å². The molecule has 0 spiro atoms. The van der Waals surface area contributed by atoms with Crippen LogP contribution in [0.3, 0.4) is 0 Å². The second-order valence-corrected chi connectivity index (χ2v) is 6.48. The summed E-state index contributed by atoms with van der Waals surface area (Å²) in [5.41, 5.74) is 0.801. The second-order valence-electron chi connectivity index (χ2n) is 6.21. The number of hydrogen-bond donors (Lipinski definition) is 0. The first-order chi connectivity index (χ1) is 10.3. The predicted octanol–water partition coefficient (Wildman–Crippen LogP) is 3.27. The maximum atomic E-state index is 13.2. The molecule has 0 saturated carbocycles. The van der Waals surface area contributed by atoms with Crippen molar-refractivity contribution in [1.29, 1.82) is 0 Å². The molecule has 0 unspecified atom stereocenters. The number of nitrogens with zero attached hydrogens (tertiary/aromatic N) is 3. The monoisotopic (exact) mass is 311 g/mol. The summed E-state index contributed by atoms with van der Waals surface area (Å²) in [5.74, 6) is 1.66. The highest BCUT2D eigenvalue weighted by molar-refractivity contribution is 6.17. The summed E-state index contributed by atoms with van der Waals surface area (Å²) >= 11 is 5.93. The van der Waals surface area contributed by atoms with Gasteiger partial charge in [0.05, 0.1) is 12.1 Å². The molecule has 0 bridgehead atoms. The minimum atomic E-state index is -0.307. The lowest BCUT2D eigenvalue weighted by molar-refractivity contribution is 0.249. The van der Waals surface area contributed by atoms with Gasteiger partial charge in [0.15, 0.2) is 0 Å². The second kappa shape index (κ2) is 6.93. The maximum Gasteiger partial charge on any atom is 0.141 e. The van der Waals surface area contributed by atoms with E-state index in [4.69, 9.17) is 11.6 Å². The molecule has 21 heavy (non-hydrogen) atoms. The van der Waals surface area contributed by atoms with Crippen LogP contribution in [0.1, 0.15) is 31.2 Å². The smallest absolute Gasteiger partial charge is 0.141 e. The van der Waals surface area contributed by atoms with E-state index in [2.05, 4.69) is 14.8 Å². The van der Waals surface area contributed by atoms with Gasteiger partial charge in [0.25, 0.3) is 0 Å². The molecule has 0 N–H and O–H groups in total. The summed E-state index contributed by atoms with van der Waals surface area (Å²) in [7, 11) is 0. The molecule has 5 heteroatoms. The van der Waals surface area contributed by atoms with Gasteiger partial charge < -0.3 is 9.80 Å². The topological polar surface area (TPSA) is 19.4 Å². The van der Waals surface area contributed by atoms with E-state index in [9.17, 15) is 4.39 Å². The zero-order valence-corrected chi connectivity index (χ0v) is 13.2. The zero-order chi connectivity index (χ0) is 14.7. The number of rotatable bonds is 4. The van der Waals surface area contributed by atoms with Crippen LogP contribution >= 0.6 is 11.6 Å². The first-order valence-corrected chi connectivity index (χ1v) is 8.47. The molecule has 3 rings (SSSR count). The Hall–Kier alpha value is -0.870. The number of aromatic nitrogens is 1. The molecule has 0 aliphatic carbocycles. The van der Waals surface area contributed by atoms with Crippen LogP contribution < -0.4 is 4.90 Å². The van der Waals surface area contributed by atoms with E-state index in [0.717, 1.165) is 30.4 Å². The van der Waals surface area contributed by atoms with Crippen LogP contribution in [0, 0.1) is 11.7 Å². The van der Waals surface area contributed by atoms with Crippen LogP contribution in [0.15, 0.2) is 12.3 Å². The summed E-state index contributed by atoms with van der Waals surface area (Å²) in [6, 6.07) is 1.51. The van der Waals surface area contributed by atoms with Gasteiger partial charge in [0.2, 0.25) is 0 Å². The minimum absolute atomic E-state index is 0.307. The molecule has 1 aromatic rings. The zero-order valence-electron chi connectivity index (χ0n) is 12.4. The number of pyridine rings is 1. The molecule has 0 atom stereocenters. The van der Waals surface area contributed by atoms with Crippen molar-refractivity contribution in [3.63, 3.8) is 0 Å². The molecule has 2 aliphatic heterocycles. The lowest BCUT2D eigenvalue weighted by Crippen LogP contribution is -2.38. The van der Waals surface area contributed by atoms with Crippen molar-refractivity contribution >= 4 is 17.4 Å². The number of likely N-dealkylation sites (tertiary alicyclic amines) is 1. The molecule has 2 aliphatic rings. The summed E-state index contributed by atoms with van der Waals surface area (Å²) in [4.78, 5) is 9.12. The highest BCUT2D eigenvalue weighted by Gasteiger charge is 2.24. The fourth-order valence-electron chi connectivity index (χ4n) is 3.51. The largest absolute Gasteiger partial charge is 0.356 e. The van der Waals surface area contributed by atoms with Crippen LogP contribution in [-0.2, 0) is 5.88 Å². The van der Waals surface area contributed by atoms with Crippen LogP contribution in [0.4, 0.5) is 10.2 Å². The first-order valence-electron chi connectivity index (χ1n) is 7.94. The highest BCUT2D eigenvalue weighted by atomic mass is 35.5. The Morgan fingerprint density at radius 2 is 1.90 bits per heavy atom. The van der Waals surface area contributed by atoms with E-state index < -0.39 is 0 Å². The molecular weight excluding hydrogens is 289 g/mol. The maximum absolute atomic E-state index is 13.2. The van der Waals surface area contributed by atoms with Crippen LogP contribution in [0.5, 0.6) is 0 Å². The lowest BCUT2D eigenvalue weighted by Gasteiger charge is -2.35. The van der Waals surface area contributed by atoms with E-state index in [-0.39, 0.29) is 5.82 Å². The van der Waals surface area contributed by atoms with Crippen molar-refractivity contribution in [2.75, 3.05) is 37.6 Å². The molecule has 116 valence electrons. The Kier molecular flexibility index (Phi) is 4.96. The third-order valence-electron chi connectivity index (χ3n) is 4.68. The number of piperidine rings is 1. The van der Waals surface area contributed by atoms with Gasteiger partial charge in [-0.05, 0) is 50.8 Å². The number of halogens is 2. The molecule has 0 amide bonds. The summed E-state index contributed by atoms with van der Waals surface area (Å²) in [5, 5.41) is 0. The van der Waals surface area contributed by atoms with E-state index in [0.29, 0.717) is 5.88 Å². The number of hydrogen-bond acceptors (Lipinski definition) is 3. The molecule has 2 saturated heterocycles. The number of anilines is 1. The van der Waals surface area contributed by atoms with Gasteiger partial charge in [-0.15, -0.1) is 11.6 Å². The predicted molar refractivity (Wildman–Crippen MR) is 84.4 cm³/mol. The Bertz CT molecular complexity index is 469. The lowest BCUT2D eigenvalue weighted by atomic mass is 9.96. The molecular formula is C16H23ClFN3. The normalized spacial score (nSPS) is 21.1. The average molecular weight is 312 g/mol. The van der Waals surface area contributed by atoms with Gasteiger partial charge in [-0.2, -0.15) is 0 Å². The van der Waals surface area contributed by atoms with Crippen molar-refractivity contribution in [3.8, 4) is 0 Å². The van der Waals surface area contributed by atoms with Crippen molar-refractivity contribution in [3.05, 3.63) is 23.6 Å². The van der Waals surface area contributed by atoms with Crippen LogP contribution in [0.25, 0.3) is 0 Å². The van der Waals surface area contributed by atoms with E-state index in [1.54, 1.807) is 0 Å². The van der Waals surface area contributed by atoms with Gasteiger partial charge in [-0.3, -0.25) is 0 Å². The molecule has 2 fully saturated rings. The average Bonchev–Trinajstić information content (AvgIpc) is 3.01. The molecule has 0 radical (unpaired) electrons. The molecule has 3 heterocycles. The van der Waals surface area contributed by atoms with Gasteiger partial charge >= 0.3 is 0 Å². The third-order valence-corrected chi connectivity index (χ3v) is 4.97. The standard InChI is InChI=1S/C16H23ClFN3/c17-10-14-9-15(18)11-19-16(14)21-7-3-13(4-8-21)12-20-5-1-2-6-20/h9,11,13H,1-8,10,12H2. The fourth-order valence-corrected chi connectivity index (χ4v) is 3.71. The quantitative estimate of drug-likeness (QED) is 0.796.